The molecule has 0 unspecified atom stereocenters. The van der Waals surface area contributed by atoms with Gasteiger partial charge in [-0.15, -0.1) is 0 Å². The predicted octanol–water partition coefficient (Wildman–Crippen LogP) is 2.69. The first kappa shape index (κ1) is 14.6. The number of aromatic nitrogens is 2. The quantitative estimate of drug-likeness (QED) is 0.524. The smallest absolute Gasteiger partial charge is 0.336 e. The minimum absolute atomic E-state index is 0.107. The molecule has 0 spiro atoms. The van der Waals surface area contributed by atoms with E-state index in [0.29, 0.717) is 27.8 Å². The maximum absolute atomic E-state index is 13.1. The summed E-state index contributed by atoms with van der Waals surface area (Å²) in [7, 11) is -3.82. The second kappa shape index (κ2) is 5.04. The zero-order valence-electron chi connectivity index (χ0n) is 12.6. The van der Waals surface area contributed by atoms with E-state index in [2.05, 4.69) is 4.98 Å². The van der Waals surface area contributed by atoms with Gasteiger partial charge in [0.2, 0.25) is 0 Å². The van der Waals surface area contributed by atoms with Crippen molar-refractivity contribution < 1.29 is 12.8 Å². The Morgan fingerprint density at radius 1 is 1.04 bits per heavy atom. The molecule has 0 fully saturated rings. The molecule has 0 aliphatic rings. The molecule has 2 aromatic carbocycles. The minimum Gasteiger partial charge on any atom is -0.423 e. The Morgan fingerprint density at radius 3 is 2.67 bits per heavy atom. The number of benzene rings is 2. The average Bonchev–Trinajstić information content (AvgIpc) is 2.90. The lowest BCUT2D eigenvalue weighted by Gasteiger charge is -2.09. The van der Waals surface area contributed by atoms with Crippen LogP contribution in [0.1, 0.15) is 5.82 Å². The molecule has 0 radical (unpaired) electrons. The number of imidazole rings is 1. The number of para-hydroxylation sites is 2. The number of hydrogen-bond acceptors (Lipinski definition) is 5. The Balaban J connectivity index is 1.98. The van der Waals surface area contributed by atoms with Crippen LogP contribution < -0.4 is 5.63 Å². The van der Waals surface area contributed by atoms with Crippen molar-refractivity contribution in [1.82, 2.24) is 8.96 Å². The highest BCUT2D eigenvalue weighted by molar-refractivity contribution is 7.90. The fourth-order valence-corrected chi connectivity index (χ4v) is 4.27. The molecule has 0 saturated carbocycles. The van der Waals surface area contributed by atoms with Gasteiger partial charge >= 0.3 is 5.63 Å². The van der Waals surface area contributed by atoms with E-state index in [1.54, 1.807) is 31.2 Å². The van der Waals surface area contributed by atoms with E-state index >= 15 is 0 Å². The lowest BCUT2D eigenvalue weighted by atomic mass is 10.2. The van der Waals surface area contributed by atoms with Crippen LogP contribution in [0.25, 0.3) is 22.0 Å². The third-order valence-corrected chi connectivity index (χ3v) is 5.60. The van der Waals surface area contributed by atoms with Gasteiger partial charge < -0.3 is 4.42 Å². The standard InChI is InChI=1S/C17H12N2O4S/c1-11-18-14-4-2-3-5-15(14)19(11)24(21,22)13-7-8-16-12(10-13)6-9-17(20)23-16/h2-10H,1H3. The van der Waals surface area contributed by atoms with E-state index in [4.69, 9.17) is 4.42 Å². The largest absolute Gasteiger partial charge is 0.423 e. The molecular formula is C17H12N2O4S. The first-order valence-corrected chi connectivity index (χ1v) is 8.64. The Morgan fingerprint density at radius 2 is 1.83 bits per heavy atom. The van der Waals surface area contributed by atoms with Crippen molar-refractivity contribution in [3.63, 3.8) is 0 Å². The normalized spacial score (nSPS) is 12.0. The number of fused-ring (bicyclic) bond motifs is 2. The Hall–Kier alpha value is -2.93. The van der Waals surface area contributed by atoms with Gasteiger partial charge in [-0.2, -0.15) is 0 Å². The van der Waals surface area contributed by atoms with Crippen LogP contribution in [0.4, 0.5) is 0 Å². The zero-order chi connectivity index (χ0) is 16.9. The van der Waals surface area contributed by atoms with E-state index in [1.165, 1.54) is 28.2 Å². The van der Waals surface area contributed by atoms with E-state index < -0.39 is 15.6 Å². The van der Waals surface area contributed by atoms with Gasteiger partial charge in [0.15, 0.2) is 0 Å². The summed E-state index contributed by atoms with van der Waals surface area (Å²) in [5, 5.41) is 0.540. The van der Waals surface area contributed by atoms with Gasteiger partial charge in [-0.1, -0.05) is 12.1 Å². The summed E-state index contributed by atoms with van der Waals surface area (Å²) >= 11 is 0. The fraction of sp³-hybridized carbons (Fsp3) is 0.0588. The molecule has 0 aliphatic carbocycles. The molecule has 4 aromatic rings. The number of hydrogen-bond donors (Lipinski definition) is 0. The third-order valence-electron chi connectivity index (χ3n) is 3.81. The first-order chi connectivity index (χ1) is 11.5. The van der Waals surface area contributed by atoms with Crippen LogP contribution in [0.3, 0.4) is 0 Å². The highest BCUT2D eigenvalue weighted by atomic mass is 32.2. The molecular weight excluding hydrogens is 328 g/mol. The lowest BCUT2D eigenvalue weighted by molar-refractivity contribution is 0.560. The van der Waals surface area contributed by atoms with Gasteiger partial charge in [0.1, 0.15) is 11.4 Å². The molecule has 24 heavy (non-hydrogen) atoms. The van der Waals surface area contributed by atoms with Gasteiger partial charge in [0.25, 0.3) is 10.0 Å². The van der Waals surface area contributed by atoms with Crippen LogP contribution >= 0.6 is 0 Å². The number of rotatable bonds is 2. The van der Waals surface area contributed by atoms with Gasteiger partial charge in [0.05, 0.1) is 15.9 Å². The van der Waals surface area contributed by atoms with Crippen molar-refractivity contribution in [1.29, 1.82) is 0 Å². The molecule has 2 aromatic heterocycles. The van der Waals surface area contributed by atoms with Gasteiger partial charge in [-0.3, -0.25) is 0 Å². The molecule has 0 amide bonds. The highest BCUT2D eigenvalue weighted by Crippen LogP contribution is 2.25. The fourth-order valence-electron chi connectivity index (χ4n) is 2.74. The molecule has 0 atom stereocenters. The van der Waals surface area contributed by atoms with Gasteiger partial charge in [-0.25, -0.2) is 22.2 Å². The SMILES string of the molecule is Cc1nc2ccccc2n1S(=O)(=O)c1ccc2oc(=O)ccc2c1. The van der Waals surface area contributed by atoms with E-state index in [1.807, 2.05) is 6.07 Å². The molecule has 0 N–H and O–H groups in total. The minimum atomic E-state index is -3.82. The predicted molar refractivity (Wildman–Crippen MR) is 89.5 cm³/mol. The highest BCUT2D eigenvalue weighted by Gasteiger charge is 2.22. The summed E-state index contributed by atoms with van der Waals surface area (Å²) in [6.07, 6.45) is 0. The summed E-state index contributed by atoms with van der Waals surface area (Å²) in [6.45, 7) is 1.65. The second-order valence-corrected chi connectivity index (χ2v) is 7.16. The topological polar surface area (TPSA) is 82.2 Å². The third kappa shape index (κ3) is 2.13. The maximum atomic E-state index is 13.1. The molecule has 0 bridgehead atoms. The van der Waals surface area contributed by atoms with Crippen LogP contribution in [-0.4, -0.2) is 17.4 Å². The molecule has 2 heterocycles. The van der Waals surface area contributed by atoms with E-state index in [0.717, 1.165) is 0 Å². The lowest BCUT2D eigenvalue weighted by Crippen LogP contribution is -2.14. The molecule has 120 valence electrons. The van der Waals surface area contributed by atoms with Crippen molar-refractivity contribution in [3.05, 3.63) is 70.8 Å². The van der Waals surface area contributed by atoms with Crippen LogP contribution in [0.5, 0.6) is 0 Å². The maximum Gasteiger partial charge on any atom is 0.336 e. The molecule has 0 saturated heterocycles. The van der Waals surface area contributed by atoms with Gasteiger partial charge in [-0.05, 0) is 43.3 Å². The summed E-state index contributed by atoms with van der Waals surface area (Å²) in [6, 6.07) is 14.3. The number of aryl methyl sites for hydroxylation is 1. The van der Waals surface area contributed by atoms with Crippen LogP contribution in [-0.2, 0) is 10.0 Å². The number of nitrogens with zero attached hydrogens (tertiary/aromatic N) is 2. The summed E-state index contributed by atoms with van der Waals surface area (Å²) in [5.74, 6) is 0.385. The Bertz CT molecular complexity index is 1250. The first-order valence-electron chi connectivity index (χ1n) is 7.20. The summed E-state index contributed by atoms with van der Waals surface area (Å²) in [4.78, 5) is 15.7. The zero-order valence-corrected chi connectivity index (χ0v) is 13.4. The van der Waals surface area contributed by atoms with Crippen LogP contribution in [0.2, 0.25) is 0 Å². The molecule has 7 heteroatoms. The average molecular weight is 340 g/mol. The van der Waals surface area contributed by atoms with Crippen molar-refractivity contribution in [2.75, 3.05) is 0 Å². The summed E-state index contributed by atoms with van der Waals surface area (Å²) < 4.78 is 32.4. The monoisotopic (exact) mass is 340 g/mol. The van der Waals surface area contributed by atoms with Crippen molar-refractivity contribution in [2.24, 2.45) is 0 Å². The van der Waals surface area contributed by atoms with Gasteiger partial charge in [0, 0.05) is 11.5 Å². The summed E-state index contributed by atoms with van der Waals surface area (Å²) in [5.41, 5.74) is 1.00. The Labute approximate surface area is 137 Å². The van der Waals surface area contributed by atoms with Crippen molar-refractivity contribution in [3.8, 4) is 0 Å². The van der Waals surface area contributed by atoms with E-state index in [9.17, 15) is 13.2 Å². The van der Waals surface area contributed by atoms with E-state index in [-0.39, 0.29) is 4.90 Å². The molecule has 6 nitrogen and oxygen atoms in total. The second-order valence-electron chi connectivity index (χ2n) is 5.37. The molecule has 0 aliphatic heterocycles. The van der Waals surface area contributed by atoms with Crippen LogP contribution in [0, 0.1) is 6.92 Å². The van der Waals surface area contributed by atoms with Crippen molar-refractivity contribution in [2.45, 2.75) is 11.8 Å². The molecule has 4 rings (SSSR count). The Kier molecular flexibility index (Phi) is 3.07. The van der Waals surface area contributed by atoms with Crippen LogP contribution in [0.15, 0.2) is 68.7 Å². The van der Waals surface area contributed by atoms with Crippen molar-refractivity contribution >= 4 is 32.0 Å².